The second-order valence-corrected chi connectivity index (χ2v) is 3.66. The van der Waals surface area contributed by atoms with Gasteiger partial charge in [-0.1, -0.05) is 6.07 Å². The van der Waals surface area contributed by atoms with Crippen molar-refractivity contribution in [3.05, 3.63) is 36.2 Å². The van der Waals surface area contributed by atoms with E-state index in [9.17, 15) is 0 Å². The van der Waals surface area contributed by atoms with E-state index in [0.717, 1.165) is 11.1 Å². The normalized spacial score (nSPS) is 15.6. The third-order valence-corrected chi connectivity index (χ3v) is 2.37. The van der Waals surface area contributed by atoms with Gasteiger partial charge in [-0.05, 0) is 19.1 Å². The van der Waals surface area contributed by atoms with E-state index in [1.165, 1.54) is 0 Å². The Kier molecular flexibility index (Phi) is 2.02. The van der Waals surface area contributed by atoms with Crippen molar-refractivity contribution in [3.8, 4) is 0 Å². The topological polar surface area (TPSA) is 63.5 Å². The molecule has 2 aromatic rings. The number of aliphatic hydroxyl groups excluding tert-OH is 1. The van der Waals surface area contributed by atoms with Crippen LogP contribution in [-0.2, 0) is 5.54 Å². The molecule has 1 atom stereocenters. The highest BCUT2D eigenvalue weighted by Crippen LogP contribution is 2.21. The summed E-state index contributed by atoms with van der Waals surface area (Å²) in [7, 11) is 0. The van der Waals surface area contributed by atoms with E-state index in [2.05, 4.69) is 5.10 Å². The summed E-state index contributed by atoms with van der Waals surface area (Å²) in [5.74, 6) is 0. The van der Waals surface area contributed by atoms with Gasteiger partial charge in [-0.2, -0.15) is 5.10 Å². The lowest BCUT2D eigenvalue weighted by atomic mass is 9.96. The third kappa shape index (κ3) is 1.29. The Balaban J connectivity index is 2.64. The predicted octanol–water partition coefficient (Wildman–Crippen LogP) is 0.500. The first-order valence-corrected chi connectivity index (χ1v) is 4.48. The number of nitrogens with two attached hydrogens (primary N) is 1. The van der Waals surface area contributed by atoms with Crippen LogP contribution in [0.1, 0.15) is 12.5 Å². The first kappa shape index (κ1) is 9.18. The summed E-state index contributed by atoms with van der Waals surface area (Å²) in [6.45, 7) is 1.69. The second kappa shape index (κ2) is 3.08. The van der Waals surface area contributed by atoms with Crippen molar-refractivity contribution in [1.29, 1.82) is 0 Å². The molecule has 74 valence electrons. The molecule has 2 rings (SSSR count). The average Bonchev–Trinajstić information content (AvgIpc) is 2.61. The van der Waals surface area contributed by atoms with Gasteiger partial charge in [0.15, 0.2) is 0 Å². The van der Waals surface area contributed by atoms with Gasteiger partial charge >= 0.3 is 0 Å². The number of fused-ring (bicyclic) bond motifs is 1. The lowest BCUT2D eigenvalue weighted by Gasteiger charge is -2.20. The molecule has 2 aromatic heterocycles. The predicted molar refractivity (Wildman–Crippen MR) is 53.8 cm³/mol. The number of rotatable bonds is 2. The van der Waals surface area contributed by atoms with E-state index in [1.54, 1.807) is 17.6 Å². The van der Waals surface area contributed by atoms with Crippen LogP contribution in [0.3, 0.4) is 0 Å². The van der Waals surface area contributed by atoms with Gasteiger partial charge in [0.2, 0.25) is 0 Å². The van der Waals surface area contributed by atoms with Gasteiger partial charge in [0.05, 0.1) is 23.9 Å². The summed E-state index contributed by atoms with van der Waals surface area (Å²) in [4.78, 5) is 0. The SMILES string of the molecule is CC(N)(CO)c1cnn2ccccc12. The Labute approximate surface area is 82.0 Å². The molecule has 3 N–H and O–H groups in total. The number of hydrogen-bond donors (Lipinski definition) is 2. The summed E-state index contributed by atoms with van der Waals surface area (Å²) in [5.41, 5.74) is 7.01. The minimum Gasteiger partial charge on any atom is -0.394 e. The molecule has 4 nitrogen and oxygen atoms in total. The lowest BCUT2D eigenvalue weighted by Crippen LogP contribution is -2.36. The highest BCUT2D eigenvalue weighted by Gasteiger charge is 2.23. The van der Waals surface area contributed by atoms with Gasteiger partial charge < -0.3 is 10.8 Å². The van der Waals surface area contributed by atoms with Crippen LogP contribution in [-0.4, -0.2) is 21.3 Å². The molecule has 0 aliphatic carbocycles. The quantitative estimate of drug-likeness (QED) is 0.726. The average molecular weight is 191 g/mol. The van der Waals surface area contributed by atoms with Gasteiger partial charge in [0, 0.05) is 11.8 Å². The van der Waals surface area contributed by atoms with Crippen LogP contribution in [0, 0.1) is 0 Å². The molecule has 0 aliphatic heterocycles. The molecule has 14 heavy (non-hydrogen) atoms. The number of hydrogen-bond acceptors (Lipinski definition) is 3. The summed E-state index contributed by atoms with van der Waals surface area (Å²) in [6.07, 6.45) is 3.55. The molecule has 0 aromatic carbocycles. The number of nitrogens with zero attached hydrogens (tertiary/aromatic N) is 2. The van der Waals surface area contributed by atoms with Gasteiger partial charge in [-0.25, -0.2) is 4.52 Å². The maximum Gasteiger partial charge on any atom is 0.0713 e. The monoisotopic (exact) mass is 191 g/mol. The van der Waals surface area contributed by atoms with Crippen LogP contribution >= 0.6 is 0 Å². The molecule has 0 saturated heterocycles. The maximum absolute atomic E-state index is 9.16. The lowest BCUT2D eigenvalue weighted by molar-refractivity contribution is 0.211. The molecule has 2 heterocycles. The van der Waals surface area contributed by atoms with Crippen molar-refractivity contribution in [1.82, 2.24) is 9.61 Å². The largest absolute Gasteiger partial charge is 0.394 e. The minimum atomic E-state index is -0.733. The number of pyridine rings is 1. The smallest absolute Gasteiger partial charge is 0.0713 e. The fourth-order valence-corrected chi connectivity index (χ4v) is 1.46. The molecule has 0 bridgehead atoms. The fraction of sp³-hybridized carbons (Fsp3) is 0.300. The third-order valence-electron chi connectivity index (χ3n) is 2.37. The Morgan fingerprint density at radius 3 is 3.07 bits per heavy atom. The molecular weight excluding hydrogens is 178 g/mol. The first-order chi connectivity index (χ1) is 6.65. The van der Waals surface area contributed by atoms with Crippen molar-refractivity contribution >= 4 is 5.52 Å². The van der Waals surface area contributed by atoms with E-state index < -0.39 is 5.54 Å². The molecule has 1 unspecified atom stereocenters. The summed E-state index contributed by atoms with van der Waals surface area (Å²) >= 11 is 0. The van der Waals surface area contributed by atoms with Gasteiger partial charge in [-0.15, -0.1) is 0 Å². The van der Waals surface area contributed by atoms with E-state index in [1.807, 2.05) is 24.4 Å². The molecule has 0 saturated carbocycles. The number of aromatic nitrogens is 2. The van der Waals surface area contributed by atoms with Crippen molar-refractivity contribution in [3.63, 3.8) is 0 Å². The number of aliphatic hydroxyl groups is 1. The van der Waals surface area contributed by atoms with Crippen LogP contribution in [0.4, 0.5) is 0 Å². The Hall–Kier alpha value is -1.39. The summed E-state index contributed by atoms with van der Waals surface area (Å²) in [6, 6.07) is 5.76. The van der Waals surface area contributed by atoms with Crippen molar-refractivity contribution < 1.29 is 5.11 Å². The zero-order chi connectivity index (χ0) is 10.2. The van der Waals surface area contributed by atoms with E-state index in [-0.39, 0.29) is 6.61 Å². The standard InChI is InChI=1S/C10H13N3O/c1-10(11,7-14)8-6-12-13-5-3-2-4-9(8)13/h2-6,14H,7,11H2,1H3. The van der Waals surface area contributed by atoms with Crippen LogP contribution in [0.25, 0.3) is 5.52 Å². The maximum atomic E-state index is 9.16. The molecule has 0 amide bonds. The van der Waals surface area contributed by atoms with Crippen molar-refractivity contribution in [2.24, 2.45) is 5.73 Å². The summed E-state index contributed by atoms with van der Waals surface area (Å²) < 4.78 is 1.75. The molecule has 0 fully saturated rings. The highest BCUT2D eigenvalue weighted by molar-refractivity contribution is 5.56. The minimum absolute atomic E-state index is 0.0940. The van der Waals surface area contributed by atoms with Crippen LogP contribution < -0.4 is 5.73 Å². The van der Waals surface area contributed by atoms with Crippen LogP contribution in [0.5, 0.6) is 0 Å². The Morgan fingerprint density at radius 2 is 2.36 bits per heavy atom. The zero-order valence-corrected chi connectivity index (χ0v) is 8.01. The fourth-order valence-electron chi connectivity index (χ4n) is 1.46. The van der Waals surface area contributed by atoms with Crippen molar-refractivity contribution in [2.75, 3.05) is 6.61 Å². The van der Waals surface area contributed by atoms with Gasteiger partial charge in [0.25, 0.3) is 0 Å². The Morgan fingerprint density at radius 1 is 1.57 bits per heavy atom. The molecule has 4 heteroatoms. The van der Waals surface area contributed by atoms with E-state index in [4.69, 9.17) is 10.8 Å². The van der Waals surface area contributed by atoms with Gasteiger partial charge in [0.1, 0.15) is 0 Å². The van der Waals surface area contributed by atoms with Crippen molar-refractivity contribution in [2.45, 2.75) is 12.5 Å². The van der Waals surface area contributed by atoms with Crippen LogP contribution in [0.15, 0.2) is 30.6 Å². The Bertz CT molecular complexity index is 447. The molecule has 0 spiro atoms. The van der Waals surface area contributed by atoms with E-state index >= 15 is 0 Å². The molecular formula is C10H13N3O. The molecule has 0 radical (unpaired) electrons. The molecule has 0 aliphatic rings. The summed E-state index contributed by atoms with van der Waals surface area (Å²) in [5, 5.41) is 13.3. The van der Waals surface area contributed by atoms with Gasteiger partial charge in [-0.3, -0.25) is 0 Å². The zero-order valence-electron chi connectivity index (χ0n) is 8.01. The first-order valence-electron chi connectivity index (χ1n) is 4.48. The van der Waals surface area contributed by atoms with Crippen LogP contribution in [0.2, 0.25) is 0 Å². The highest BCUT2D eigenvalue weighted by atomic mass is 16.3. The van der Waals surface area contributed by atoms with E-state index in [0.29, 0.717) is 0 Å². The second-order valence-electron chi connectivity index (χ2n) is 3.66.